The number of benzene rings is 2. The van der Waals surface area contributed by atoms with Crippen LogP contribution >= 0.6 is 0 Å². The van der Waals surface area contributed by atoms with Crippen molar-refractivity contribution in [2.45, 2.75) is 19.3 Å². The molecule has 5 nitrogen and oxygen atoms in total. The molecule has 0 radical (unpaired) electrons. The zero-order chi connectivity index (χ0) is 20.5. The van der Waals surface area contributed by atoms with Gasteiger partial charge in [0.1, 0.15) is 0 Å². The molecule has 2 heterocycles. The van der Waals surface area contributed by atoms with Gasteiger partial charge < -0.3 is 10.2 Å². The summed E-state index contributed by atoms with van der Waals surface area (Å²) < 4.78 is 0. The van der Waals surface area contributed by atoms with Crippen LogP contribution in [-0.4, -0.2) is 23.3 Å². The van der Waals surface area contributed by atoms with E-state index >= 15 is 0 Å². The number of pyridine rings is 1. The Morgan fingerprint density at radius 2 is 1.90 bits per heavy atom. The Kier molecular flexibility index (Phi) is 4.64. The van der Waals surface area contributed by atoms with E-state index in [1.54, 1.807) is 29.4 Å². The number of allylic oxidation sites excluding steroid dienone is 1. The van der Waals surface area contributed by atoms with E-state index in [9.17, 15) is 9.59 Å². The highest BCUT2D eigenvalue weighted by molar-refractivity contribution is 6.08. The number of nitrogens with one attached hydrogen (secondary N) is 1. The average Bonchev–Trinajstić information content (AvgIpc) is 3.22. The molecule has 0 atom stereocenters. The monoisotopic (exact) mass is 395 g/mol. The van der Waals surface area contributed by atoms with Gasteiger partial charge in [-0.2, -0.15) is 0 Å². The molecule has 2 aliphatic rings. The van der Waals surface area contributed by atoms with Crippen LogP contribution in [0.5, 0.6) is 0 Å². The van der Waals surface area contributed by atoms with Gasteiger partial charge in [0, 0.05) is 35.9 Å². The van der Waals surface area contributed by atoms with Crippen LogP contribution in [0.3, 0.4) is 0 Å². The number of hydrogen-bond acceptors (Lipinski definition) is 3. The molecule has 0 saturated heterocycles. The molecule has 1 N–H and O–H groups in total. The van der Waals surface area contributed by atoms with Gasteiger partial charge in [-0.3, -0.25) is 14.6 Å². The number of anilines is 2. The van der Waals surface area contributed by atoms with Crippen LogP contribution < -0.4 is 10.2 Å². The summed E-state index contributed by atoms with van der Waals surface area (Å²) in [6.07, 6.45) is 10.3. The van der Waals surface area contributed by atoms with Crippen LogP contribution in [0.2, 0.25) is 0 Å². The lowest BCUT2D eigenvalue weighted by Crippen LogP contribution is -2.28. The quantitative estimate of drug-likeness (QED) is 0.710. The zero-order valence-corrected chi connectivity index (χ0v) is 16.5. The fraction of sp³-hybridized carbons (Fsp3) is 0.160. The zero-order valence-electron chi connectivity index (χ0n) is 16.5. The van der Waals surface area contributed by atoms with E-state index < -0.39 is 0 Å². The van der Waals surface area contributed by atoms with Crippen molar-refractivity contribution in [2.24, 2.45) is 0 Å². The van der Waals surface area contributed by atoms with Crippen molar-refractivity contribution in [3.8, 4) is 0 Å². The molecule has 5 heteroatoms. The predicted octanol–water partition coefficient (Wildman–Crippen LogP) is 4.50. The Morgan fingerprint density at radius 1 is 0.967 bits per heavy atom. The first-order chi connectivity index (χ1) is 14.7. The van der Waals surface area contributed by atoms with Crippen molar-refractivity contribution < 1.29 is 9.59 Å². The topological polar surface area (TPSA) is 62.3 Å². The lowest BCUT2D eigenvalue weighted by molar-refractivity contribution is 0.0987. The fourth-order valence-corrected chi connectivity index (χ4v) is 4.11. The SMILES string of the molecule is O=C(Nc1ccc2c(c1)CCN2C(=O)c1cccnc1)c1ccc2c(c1)C=CCC2. The van der Waals surface area contributed by atoms with Gasteiger partial charge in [-0.1, -0.05) is 18.2 Å². The maximum atomic E-state index is 12.8. The highest BCUT2D eigenvalue weighted by Gasteiger charge is 2.26. The molecule has 30 heavy (non-hydrogen) atoms. The second kappa shape index (κ2) is 7.59. The van der Waals surface area contributed by atoms with Crippen molar-refractivity contribution in [1.82, 2.24) is 4.98 Å². The molecule has 0 bridgehead atoms. The Morgan fingerprint density at radius 3 is 2.77 bits per heavy atom. The molecule has 1 aromatic heterocycles. The van der Waals surface area contributed by atoms with Crippen LogP contribution in [0.25, 0.3) is 6.08 Å². The number of amides is 2. The lowest BCUT2D eigenvalue weighted by Gasteiger charge is -2.17. The Labute approximate surface area is 175 Å². The normalized spacial score (nSPS) is 14.2. The molecule has 0 spiro atoms. The first-order valence-electron chi connectivity index (χ1n) is 10.1. The molecule has 2 amide bonds. The number of nitrogens with zero attached hydrogens (tertiary/aromatic N) is 2. The number of hydrogen-bond donors (Lipinski definition) is 1. The van der Waals surface area contributed by atoms with Crippen molar-refractivity contribution in [3.05, 3.63) is 94.8 Å². The number of fused-ring (bicyclic) bond motifs is 2. The first-order valence-corrected chi connectivity index (χ1v) is 10.1. The van der Waals surface area contributed by atoms with Gasteiger partial charge in [0.15, 0.2) is 0 Å². The van der Waals surface area contributed by atoms with E-state index in [0.29, 0.717) is 17.7 Å². The number of carbonyl (C=O) groups excluding carboxylic acids is 2. The molecule has 1 aliphatic heterocycles. The first kappa shape index (κ1) is 18.3. The van der Waals surface area contributed by atoms with E-state index in [4.69, 9.17) is 0 Å². The standard InChI is InChI=1S/C25H21N3O2/c29-24(20-8-7-17-4-1-2-5-18(17)14-20)27-22-9-10-23-19(15-22)11-13-28(23)25(30)21-6-3-12-26-16-21/h2-3,5-10,12,14-16H,1,4,11,13H2,(H,27,29). The van der Waals surface area contributed by atoms with Crippen LogP contribution in [0.4, 0.5) is 11.4 Å². The molecule has 148 valence electrons. The maximum Gasteiger partial charge on any atom is 0.259 e. The van der Waals surface area contributed by atoms with Crippen LogP contribution in [0, 0.1) is 0 Å². The van der Waals surface area contributed by atoms with Gasteiger partial charge in [-0.15, -0.1) is 0 Å². The van der Waals surface area contributed by atoms with Crippen LogP contribution in [0.15, 0.2) is 67.0 Å². The van der Waals surface area contributed by atoms with Crippen molar-refractivity contribution in [3.63, 3.8) is 0 Å². The highest BCUT2D eigenvalue weighted by Crippen LogP contribution is 2.32. The number of rotatable bonds is 3. The molecule has 2 aromatic carbocycles. The third-order valence-corrected chi connectivity index (χ3v) is 5.67. The Balaban J connectivity index is 1.34. The fourth-order valence-electron chi connectivity index (χ4n) is 4.11. The predicted molar refractivity (Wildman–Crippen MR) is 118 cm³/mol. The molecular weight excluding hydrogens is 374 g/mol. The average molecular weight is 395 g/mol. The third-order valence-electron chi connectivity index (χ3n) is 5.67. The van der Waals surface area contributed by atoms with E-state index in [0.717, 1.165) is 41.8 Å². The second-order valence-corrected chi connectivity index (χ2v) is 7.60. The molecule has 5 rings (SSSR count). The van der Waals surface area contributed by atoms with E-state index in [1.807, 2.05) is 36.4 Å². The molecule has 1 aliphatic carbocycles. The molecule has 0 unspecified atom stereocenters. The van der Waals surface area contributed by atoms with Gasteiger partial charge in [0.25, 0.3) is 11.8 Å². The van der Waals surface area contributed by atoms with E-state index in [1.165, 1.54) is 5.56 Å². The molecule has 0 saturated carbocycles. The van der Waals surface area contributed by atoms with Gasteiger partial charge >= 0.3 is 0 Å². The third kappa shape index (κ3) is 3.39. The summed E-state index contributed by atoms with van der Waals surface area (Å²) in [5.41, 5.74) is 6.30. The van der Waals surface area contributed by atoms with Gasteiger partial charge in [-0.25, -0.2) is 0 Å². The smallest absolute Gasteiger partial charge is 0.259 e. The summed E-state index contributed by atoms with van der Waals surface area (Å²) in [4.78, 5) is 31.3. The van der Waals surface area contributed by atoms with Crippen LogP contribution in [0.1, 0.15) is 43.8 Å². The minimum Gasteiger partial charge on any atom is -0.322 e. The van der Waals surface area contributed by atoms with Crippen molar-refractivity contribution in [1.29, 1.82) is 0 Å². The van der Waals surface area contributed by atoms with Gasteiger partial charge in [0.05, 0.1) is 5.56 Å². The lowest BCUT2D eigenvalue weighted by atomic mass is 9.95. The summed E-state index contributed by atoms with van der Waals surface area (Å²) in [6.45, 7) is 0.623. The Hall–Kier alpha value is -3.73. The van der Waals surface area contributed by atoms with Crippen molar-refractivity contribution >= 4 is 29.3 Å². The summed E-state index contributed by atoms with van der Waals surface area (Å²) in [5, 5.41) is 2.99. The highest BCUT2D eigenvalue weighted by atomic mass is 16.2. The number of aromatic nitrogens is 1. The minimum absolute atomic E-state index is 0.0549. The maximum absolute atomic E-state index is 12.8. The summed E-state index contributed by atoms with van der Waals surface area (Å²) >= 11 is 0. The van der Waals surface area contributed by atoms with Crippen LogP contribution in [-0.2, 0) is 12.8 Å². The minimum atomic E-state index is -0.127. The second-order valence-electron chi connectivity index (χ2n) is 7.60. The summed E-state index contributed by atoms with van der Waals surface area (Å²) in [6, 6.07) is 15.1. The summed E-state index contributed by atoms with van der Waals surface area (Å²) in [7, 11) is 0. The van der Waals surface area contributed by atoms with Gasteiger partial charge in [0.2, 0.25) is 0 Å². The molecule has 3 aromatic rings. The number of carbonyl (C=O) groups is 2. The van der Waals surface area contributed by atoms with Gasteiger partial charge in [-0.05, 0) is 78.4 Å². The van der Waals surface area contributed by atoms with E-state index in [-0.39, 0.29) is 11.8 Å². The summed E-state index contributed by atoms with van der Waals surface area (Å²) in [5.74, 6) is -0.182. The Bertz CT molecular complexity index is 1170. The van der Waals surface area contributed by atoms with E-state index in [2.05, 4.69) is 22.5 Å². The molecular formula is C25H21N3O2. The van der Waals surface area contributed by atoms with Crippen molar-refractivity contribution in [2.75, 3.05) is 16.8 Å². The number of aryl methyl sites for hydroxylation is 1. The molecule has 0 fully saturated rings. The largest absolute Gasteiger partial charge is 0.322 e.